The maximum atomic E-state index is 12.2. The van der Waals surface area contributed by atoms with Gasteiger partial charge in [0, 0.05) is 26.1 Å². The maximum absolute atomic E-state index is 12.2. The van der Waals surface area contributed by atoms with Crippen LogP contribution in [0.5, 0.6) is 0 Å². The van der Waals surface area contributed by atoms with Crippen molar-refractivity contribution in [1.82, 2.24) is 9.13 Å². The Morgan fingerprint density at radius 2 is 1.68 bits per heavy atom. The first-order chi connectivity index (χ1) is 8.70. The Balaban J connectivity index is 2.51. The first kappa shape index (κ1) is 13.6. The van der Waals surface area contributed by atoms with Crippen LogP contribution in [0.25, 0.3) is 11.0 Å². The predicted molar refractivity (Wildman–Crippen MR) is 76.6 cm³/mol. The first-order valence-electron chi connectivity index (χ1n) is 6.39. The number of carbonyl (C=O) groups excluding carboxylic acids is 1. The number of imidazole rings is 1. The third-order valence-electron chi connectivity index (χ3n) is 3.28. The highest BCUT2D eigenvalue weighted by Gasteiger charge is 2.18. The van der Waals surface area contributed by atoms with Gasteiger partial charge in [0.05, 0.1) is 11.0 Å². The zero-order valence-corrected chi connectivity index (χ0v) is 12.2. The van der Waals surface area contributed by atoms with E-state index in [1.807, 2.05) is 32.9 Å². The Morgan fingerprint density at radius 1 is 1.11 bits per heavy atom. The van der Waals surface area contributed by atoms with Gasteiger partial charge in [-0.05, 0) is 23.6 Å². The van der Waals surface area contributed by atoms with Crippen molar-refractivity contribution in [3.05, 3.63) is 34.2 Å². The van der Waals surface area contributed by atoms with Crippen LogP contribution in [0.3, 0.4) is 0 Å². The Labute approximate surface area is 112 Å². The van der Waals surface area contributed by atoms with Crippen molar-refractivity contribution in [3.63, 3.8) is 0 Å². The van der Waals surface area contributed by atoms with Crippen molar-refractivity contribution in [2.24, 2.45) is 19.5 Å². The highest BCUT2D eigenvalue weighted by molar-refractivity contribution is 5.99. The fourth-order valence-electron chi connectivity index (χ4n) is 2.26. The Kier molecular flexibility index (Phi) is 3.12. The van der Waals surface area contributed by atoms with Gasteiger partial charge >= 0.3 is 5.69 Å². The van der Waals surface area contributed by atoms with Crippen molar-refractivity contribution >= 4 is 16.8 Å². The maximum Gasteiger partial charge on any atom is 0.328 e. The lowest BCUT2D eigenvalue weighted by Gasteiger charge is -2.16. The number of aryl methyl sites for hydroxylation is 2. The molecule has 0 radical (unpaired) electrons. The van der Waals surface area contributed by atoms with Crippen molar-refractivity contribution < 1.29 is 4.79 Å². The van der Waals surface area contributed by atoms with Gasteiger partial charge in [0.1, 0.15) is 0 Å². The largest absolute Gasteiger partial charge is 0.328 e. The third kappa shape index (κ3) is 2.48. The van der Waals surface area contributed by atoms with Crippen LogP contribution in [0.1, 0.15) is 37.6 Å². The molecule has 0 spiro atoms. The lowest BCUT2D eigenvalue weighted by Crippen LogP contribution is -2.19. The molecule has 0 unspecified atom stereocenters. The summed E-state index contributed by atoms with van der Waals surface area (Å²) in [5.74, 6) is 0.116. The SMILES string of the molecule is Cn1c(=O)n(C)c2cc(C(=O)CC(C)(C)C)ccc21. The van der Waals surface area contributed by atoms with Gasteiger partial charge in [-0.2, -0.15) is 0 Å². The number of ketones is 1. The molecule has 1 heterocycles. The van der Waals surface area contributed by atoms with E-state index in [1.165, 1.54) is 0 Å². The number of hydrogen-bond donors (Lipinski definition) is 0. The minimum absolute atomic E-state index is 0.0331. The molecule has 2 aromatic rings. The lowest BCUT2D eigenvalue weighted by atomic mass is 9.88. The van der Waals surface area contributed by atoms with E-state index in [2.05, 4.69) is 0 Å². The van der Waals surface area contributed by atoms with Gasteiger partial charge in [-0.1, -0.05) is 20.8 Å². The molecule has 0 aliphatic carbocycles. The molecule has 0 fully saturated rings. The highest BCUT2D eigenvalue weighted by atomic mass is 16.1. The monoisotopic (exact) mass is 260 g/mol. The van der Waals surface area contributed by atoms with E-state index >= 15 is 0 Å². The molecule has 4 nitrogen and oxygen atoms in total. The van der Waals surface area contributed by atoms with Gasteiger partial charge in [0.25, 0.3) is 0 Å². The van der Waals surface area contributed by atoms with Crippen molar-refractivity contribution in [2.45, 2.75) is 27.2 Å². The summed E-state index contributed by atoms with van der Waals surface area (Å²) >= 11 is 0. The normalized spacial score (nSPS) is 12.1. The summed E-state index contributed by atoms with van der Waals surface area (Å²) in [6, 6.07) is 5.45. The summed E-state index contributed by atoms with van der Waals surface area (Å²) in [4.78, 5) is 24.1. The van der Waals surface area contributed by atoms with E-state index in [0.717, 1.165) is 11.0 Å². The van der Waals surface area contributed by atoms with Crippen LogP contribution in [-0.2, 0) is 14.1 Å². The molecule has 0 aliphatic rings. The van der Waals surface area contributed by atoms with Crippen LogP contribution in [0.2, 0.25) is 0 Å². The smallest absolute Gasteiger partial charge is 0.295 e. The van der Waals surface area contributed by atoms with Gasteiger partial charge in [0.2, 0.25) is 0 Å². The van der Waals surface area contributed by atoms with Gasteiger partial charge in [-0.25, -0.2) is 4.79 Å². The second-order valence-electron chi connectivity index (χ2n) is 6.26. The van der Waals surface area contributed by atoms with E-state index in [1.54, 1.807) is 29.3 Å². The number of nitrogens with zero attached hydrogens (tertiary/aromatic N) is 2. The van der Waals surface area contributed by atoms with Crippen LogP contribution < -0.4 is 5.69 Å². The molecule has 2 rings (SSSR count). The fourth-order valence-corrected chi connectivity index (χ4v) is 2.26. The molecule has 0 bridgehead atoms. The van der Waals surface area contributed by atoms with E-state index in [4.69, 9.17) is 0 Å². The Morgan fingerprint density at radius 3 is 2.26 bits per heavy atom. The van der Waals surface area contributed by atoms with Gasteiger partial charge in [-0.15, -0.1) is 0 Å². The summed E-state index contributed by atoms with van der Waals surface area (Å²) < 4.78 is 3.16. The molecular formula is C15H20N2O2. The van der Waals surface area contributed by atoms with Gasteiger partial charge in [0.15, 0.2) is 5.78 Å². The topological polar surface area (TPSA) is 44.0 Å². The van der Waals surface area contributed by atoms with Crippen molar-refractivity contribution in [1.29, 1.82) is 0 Å². The molecule has 1 aromatic heterocycles. The average Bonchev–Trinajstić information content (AvgIpc) is 2.52. The van der Waals surface area contributed by atoms with Crippen LogP contribution >= 0.6 is 0 Å². The summed E-state index contributed by atoms with van der Waals surface area (Å²) in [6.45, 7) is 6.13. The second kappa shape index (κ2) is 4.37. The number of benzene rings is 1. The third-order valence-corrected chi connectivity index (χ3v) is 3.28. The molecule has 0 aliphatic heterocycles. The molecule has 0 amide bonds. The van der Waals surface area contributed by atoms with E-state index in [9.17, 15) is 9.59 Å². The summed E-state index contributed by atoms with van der Waals surface area (Å²) in [6.07, 6.45) is 0.499. The van der Waals surface area contributed by atoms with Gasteiger partial charge < -0.3 is 0 Å². The summed E-state index contributed by atoms with van der Waals surface area (Å²) in [7, 11) is 3.46. The molecular weight excluding hydrogens is 240 g/mol. The van der Waals surface area contributed by atoms with E-state index in [0.29, 0.717) is 12.0 Å². The first-order valence-corrected chi connectivity index (χ1v) is 6.39. The van der Waals surface area contributed by atoms with E-state index < -0.39 is 0 Å². The molecule has 0 atom stereocenters. The molecule has 0 saturated heterocycles. The molecule has 19 heavy (non-hydrogen) atoms. The fraction of sp³-hybridized carbons (Fsp3) is 0.467. The number of fused-ring (bicyclic) bond motifs is 1. The lowest BCUT2D eigenvalue weighted by molar-refractivity contribution is 0.0940. The molecule has 1 aromatic carbocycles. The average molecular weight is 260 g/mol. The zero-order chi connectivity index (χ0) is 14.4. The van der Waals surface area contributed by atoms with E-state index in [-0.39, 0.29) is 16.9 Å². The summed E-state index contributed by atoms with van der Waals surface area (Å²) in [5.41, 5.74) is 2.21. The highest BCUT2D eigenvalue weighted by Crippen LogP contribution is 2.23. The van der Waals surface area contributed by atoms with Crippen LogP contribution in [0.4, 0.5) is 0 Å². The van der Waals surface area contributed by atoms with Crippen LogP contribution in [0.15, 0.2) is 23.0 Å². The Hall–Kier alpha value is -1.84. The van der Waals surface area contributed by atoms with Crippen molar-refractivity contribution in [2.75, 3.05) is 0 Å². The molecule has 0 N–H and O–H groups in total. The van der Waals surface area contributed by atoms with Crippen molar-refractivity contribution in [3.8, 4) is 0 Å². The predicted octanol–water partition coefficient (Wildman–Crippen LogP) is 2.50. The quantitative estimate of drug-likeness (QED) is 0.779. The second-order valence-corrected chi connectivity index (χ2v) is 6.26. The summed E-state index contributed by atoms with van der Waals surface area (Å²) in [5, 5.41) is 0. The molecule has 102 valence electrons. The zero-order valence-electron chi connectivity index (χ0n) is 12.2. The minimum atomic E-state index is -0.0737. The Bertz CT molecular complexity index is 699. The molecule has 0 saturated carbocycles. The number of aromatic nitrogens is 2. The van der Waals surface area contributed by atoms with Crippen LogP contribution in [-0.4, -0.2) is 14.9 Å². The van der Waals surface area contributed by atoms with Crippen LogP contribution in [0, 0.1) is 5.41 Å². The number of Topliss-reactive ketones (excluding diaryl/α,β-unsaturated/α-hetero) is 1. The minimum Gasteiger partial charge on any atom is -0.295 e. The number of carbonyl (C=O) groups is 1. The molecule has 4 heteroatoms. The number of hydrogen-bond acceptors (Lipinski definition) is 2. The van der Waals surface area contributed by atoms with Gasteiger partial charge in [-0.3, -0.25) is 13.9 Å². The standard InChI is InChI=1S/C15H20N2O2/c1-15(2,3)9-13(18)10-6-7-11-12(8-10)17(5)14(19)16(11)4/h6-8H,9H2,1-5H3. The number of rotatable bonds is 2.